The number of hydrogen-bond donors (Lipinski definition) is 2. The zero-order valence-corrected chi connectivity index (χ0v) is 14.0. The van der Waals surface area contributed by atoms with Gasteiger partial charge in [-0.05, 0) is 18.2 Å². The minimum Gasteiger partial charge on any atom is -0.482 e. The van der Waals surface area contributed by atoms with Crippen molar-refractivity contribution in [1.29, 1.82) is 0 Å². The van der Waals surface area contributed by atoms with E-state index in [1.54, 1.807) is 12.1 Å². The lowest BCUT2D eigenvalue weighted by atomic mass is 10.3. The first-order valence-corrected chi connectivity index (χ1v) is 7.70. The van der Waals surface area contributed by atoms with Gasteiger partial charge in [0.25, 0.3) is 11.8 Å². The number of hydrogen-bond acceptors (Lipinski definition) is 5. The first-order chi connectivity index (χ1) is 11.6. The summed E-state index contributed by atoms with van der Waals surface area (Å²) >= 11 is 11.7. The number of benzene rings is 1. The second-order valence-corrected chi connectivity index (χ2v) is 5.40. The van der Waals surface area contributed by atoms with Crippen LogP contribution in [0, 0.1) is 0 Å². The Balaban J connectivity index is 1.65. The van der Waals surface area contributed by atoms with Crippen molar-refractivity contribution in [3.63, 3.8) is 0 Å². The Labute approximate surface area is 148 Å². The molecular formula is C15H14Cl2N4O3. The van der Waals surface area contributed by atoms with Crippen molar-refractivity contribution in [2.24, 2.45) is 0 Å². The van der Waals surface area contributed by atoms with Gasteiger partial charge in [0.1, 0.15) is 11.4 Å². The summed E-state index contributed by atoms with van der Waals surface area (Å²) < 4.78 is 5.29. The van der Waals surface area contributed by atoms with Gasteiger partial charge >= 0.3 is 0 Å². The molecule has 0 saturated heterocycles. The number of carbonyl (C=O) groups excluding carboxylic acids is 2. The molecule has 0 bridgehead atoms. The summed E-state index contributed by atoms with van der Waals surface area (Å²) in [5.74, 6) is -0.330. The molecule has 1 heterocycles. The normalized spacial score (nSPS) is 10.1. The maximum atomic E-state index is 11.7. The van der Waals surface area contributed by atoms with E-state index in [0.29, 0.717) is 15.8 Å². The van der Waals surface area contributed by atoms with Crippen molar-refractivity contribution in [1.82, 2.24) is 20.6 Å². The summed E-state index contributed by atoms with van der Waals surface area (Å²) in [5.41, 5.74) is 0.213. The highest BCUT2D eigenvalue weighted by atomic mass is 35.5. The van der Waals surface area contributed by atoms with Crippen LogP contribution in [0.3, 0.4) is 0 Å². The van der Waals surface area contributed by atoms with Gasteiger partial charge in [0.15, 0.2) is 6.61 Å². The lowest BCUT2D eigenvalue weighted by Crippen LogP contribution is -2.37. The Kier molecular flexibility index (Phi) is 6.77. The van der Waals surface area contributed by atoms with E-state index in [-0.39, 0.29) is 37.2 Å². The number of nitrogens with zero attached hydrogens (tertiary/aromatic N) is 2. The van der Waals surface area contributed by atoms with Gasteiger partial charge in [-0.15, -0.1) is 0 Å². The molecule has 0 spiro atoms. The second-order valence-electron chi connectivity index (χ2n) is 4.56. The predicted molar refractivity (Wildman–Crippen MR) is 89.3 cm³/mol. The summed E-state index contributed by atoms with van der Waals surface area (Å²) in [6, 6.07) is 4.72. The van der Waals surface area contributed by atoms with E-state index in [2.05, 4.69) is 20.6 Å². The van der Waals surface area contributed by atoms with E-state index >= 15 is 0 Å². The molecule has 126 valence electrons. The molecule has 24 heavy (non-hydrogen) atoms. The maximum Gasteiger partial charge on any atom is 0.271 e. The van der Waals surface area contributed by atoms with Crippen molar-refractivity contribution < 1.29 is 14.3 Å². The van der Waals surface area contributed by atoms with Gasteiger partial charge in [0.2, 0.25) is 0 Å². The number of halogens is 2. The zero-order valence-electron chi connectivity index (χ0n) is 12.5. The third-order valence-electron chi connectivity index (χ3n) is 2.78. The number of rotatable bonds is 7. The summed E-state index contributed by atoms with van der Waals surface area (Å²) in [6.07, 6.45) is 4.26. The number of nitrogens with one attached hydrogen (secondary N) is 2. The van der Waals surface area contributed by atoms with Crippen molar-refractivity contribution in [3.05, 3.63) is 52.5 Å². The Hall–Kier alpha value is -2.38. The summed E-state index contributed by atoms with van der Waals surface area (Å²) in [7, 11) is 0. The Morgan fingerprint density at radius 1 is 1.12 bits per heavy atom. The molecule has 0 aliphatic heterocycles. The lowest BCUT2D eigenvalue weighted by Gasteiger charge is -2.09. The highest BCUT2D eigenvalue weighted by Gasteiger charge is 2.08. The van der Waals surface area contributed by atoms with Crippen LogP contribution in [-0.2, 0) is 4.79 Å². The summed E-state index contributed by atoms with van der Waals surface area (Å²) in [6.45, 7) is 0.310. The van der Waals surface area contributed by atoms with E-state index in [9.17, 15) is 9.59 Å². The fraction of sp³-hybridized carbons (Fsp3) is 0.200. The second kappa shape index (κ2) is 9.05. The third kappa shape index (κ3) is 5.68. The van der Waals surface area contributed by atoms with Crippen LogP contribution in [0.4, 0.5) is 0 Å². The van der Waals surface area contributed by atoms with Crippen LogP contribution in [0.2, 0.25) is 10.0 Å². The molecule has 2 amide bonds. The van der Waals surface area contributed by atoms with Gasteiger partial charge in [-0.25, -0.2) is 4.98 Å². The molecule has 0 aliphatic rings. The molecule has 2 rings (SSSR count). The van der Waals surface area contributed by atoms with E-state index in [1.807, 2.05) is 0 Å². The number of aromatic nitrogens is 2. The average Bonchev–Trinajstić information content (AvgIpc) is 2.58. The SMILES string of the molecule is O=C(COc1ccc(Cl)cc1Cl)NCCNC(=O)c1cnccn1. The largest absolute Gasteiger partial charge is 0.482 e. The van der Waals surface area contributed by atoms with E-state index in [0.717, 1.165) is 0 Å². The number of carbonyl (C=O) groups is 2. The van der Waals surface area contributed by atoms with Crippen molar-refractivity contribution in [2.45, 2.75) is 0 Å². The molecule has 1 aromatic heterocycles. The minimum atomic E-state index is -0.360. The van der Waals surface area contributed by atoms with Crippen LogP contribution in [0.1, 0.15) is 10.5 Å². The topological polar surface area (TPSA) is 93.2 Å². The van der Waals surface area contributed by atoms with Crippen LogP contribution >= 0.6 is 23.2 Å². The molecule has 0 unspecified atom stereocenters. The van der Waals surface area contributed by atoms with Crippen LogP contribution in [-0.4, -0.2) is 41.5 Å². The average molecular weight is 369 g/mol. The minimum absolute atomic E-state index is 0.195. The molecule has 2 N–H and O–H groups in total. The molecule has 7 nitrogen and oxygen atoms in total. The van der Waals surface area contributed by atoms with Crippen molar-refractivity contribution in [3.8, 4) is 5.75 Å². The van der Waals surface area contributed by atoms with Crippen LogP contribution in [0.25, 0.3) is 0 Å². The Morgan fingerprint density at radius 3 is 2.62 bits per heavy atom. The molecule has 0 radical (unpaired) electrons. The molecule has 0 fully saturated rings. The van der Waals surface area contributed by atoms with Gasteiger partial charge in [-0.1, -0.05) is 23.2 Å². The highest BCUT2D eigenvalue weighted by molar-refractivity contribution is 6.35. The smallest absolute Gasteiger partial charge is 0.271 e. The number of amides is 2. The van der Waals surface area contributed by atoms with Crippen molar-refractivity contribution in [2.75, 3.05) is 19.7 Å². The monoisotopic (exact) mass is 368 g/mol. The van der Waals surface area contributed by atoms with Crippen LogP contribution in [0.15, 0.2) is 36.8 Å². The van der Waals surface area contributed by atoms with Crippen LogP contribution in [0.5, 0.6) is 5.75 Å². The molecule has 9 heteroatoms. The predicted octanol–water partition coefficient (Wildman–Crippen LogP) is 1.71. The molecule has 0 atom stereocenters. The summed E-state index contributed by atoms with van der Waals surface area (Å²) in [4.78, 5) is 31.0. The van der Waals surface area contributed by atoms with Gasteiger partial charge in [0, 0.05) is 30.5 Å². The highest BCUT2D eigenvalue weighted by Crippen LogP contribution is 2.27. The van der Waals surface area contributed by atoms with Gasteiger partial charge in [-0.3, -0.25) is 14.6 Å². The Bertz CT molecular complexity index is 713. The molecule has 0 saturated carbocycles. The van der Waals surface area contributed by atoms with Crippen LogP contribution < -0.4 is 15.4 Å². The van der Waals surface area contributed by atoms with Gasteiger partial charge in [-0.2, -0.15) is 0 Å². The van der Waals surface area contributed by atoms with E-state index in [1.165, 1.54) is 24.7 Å². The first-order valence-electron chi connectivity index (χ1n) is 6.95. The maximum absolute atomic E-state index is 11.7. The van der Waals surface area contributed by atoms with E-state index < -0.39 is 0 Å². The summed E-state index contributed by atoms with van der Waals surface area (Å²) in [5, 5.41) is 6.03. The fourth-order valence-corrected chi connectivity index (χ4v) is 2.13. The van der Waals surface area contributed by atoms with Gasteiger partial charge in [0.05, 0.1) is 11.2 Å². The fourth-order valence-electron chi connectivity index (χ4n) is 1.67. The first kappa shape index (κ1) is 18.0. The molecule has 1 aromatic carbocycles. The van der Waals surface area contributed by atoms with E-state index in [4.69, 9.17) is 27.9 Å². The zero-order chi connectivity index (χ0) is 17.4. The van der Waals surface area contributed by atoms with Crippen molar-refractivity contribution >= 4 is 35.0 Å². The lowest BCUT2D eigenvalue weighted by molar-refractivity contribution is -0.123. The molecule has 0 aliphatic carbocycles. The molecule has 2 aromatic rings. The van der Waals surface area contributed by atoms with Gasteiger partial charge < -0.3 is 15.4 Å². The molecular weight excluding hydrogens is 355 g/mol. The quantitative estimate of drug-likeness (QED) is 0.725. The number of ether oxygens (including phenoxy) is 1. The Morgan fingerprint density at radius 2 is 1.92 bits per heavy atom. The third-order valence-corrected chi connectivity index (χ3v) is 3.31. The standard InChI is InChI=1S/C15H14Cl2N4O3/c16-10-1-2-13(11(17)7-10)24-9-14(22)20-5-6-21-15(23)12-8-18-3-4-19-12/h1-4,7-8H,5-6,9H2,(H,20,22)(H,21,23).